The van der Waals surface area contributed by atoms with Crippen molar-refractivity contribution in [1.82, 2.24) is 0 Å². The van der Waals surface area contributed by atoms with Crippen molar-refractivity contribution >= 4 is 55.1 Å². The summed E-state index contributed by atoms with van der Waals surface area (Å²) in [6.45, 7) is 2.12. The maximum atomic E-state index is 11.2. The number of hydrogen-bond donors (Lipinski definition) is 0. The smallest absolute Gasteiger partial charge is 0.310 e. The summed E-state index contributed by atoms with van der Waals surface area (Å²) in [6, 6.07) is 0. The third-order valence-electron chi connectivity index (χ3n) is 4.39. The van der Waals surface area contributed by atoms with Gasteiger partial charge in [0.15, 0.2) is 0 Å². The van der Waals surface area contributed by atoms with E-state index in [9.17, 15) is 9.59 Å². The highest BCUT2D eigenvalue weighted by atomic mass is 33.1. The summed E-state index contributed by atoms with van der Waals surface area (Å²) in [5.41, 5.74) is 0. The molecular formula is C14H20O4S4. The Morgan fingerprint density at radius 1 is 0.955 bits per heavy atom. The number of esters is 2. The monoisotopic (exact) mass is 380 g/mol. The normalized spacial score (nSPS) is 40.5. The van der Waals surface area contributed by atoms with Gasteiger partial charge in [0.05, 0.1) is 11.8 Å². The van der Waals surface area contributed by atoms with Gasteiger partial charge in [-0.05, 0) is 12.8 Å². The van der Waals surface area contributed by atoms with Gasteiger partial charge in [-0.1, -0.05) is 50.1 Å². The fourth-order valence-corrected chi connectivity index (χ4v) is 8.00. The van der Waals surface area contributed by atoms with Crippen molar-refractivity contribution in [2.24, 2.45) is 17.8 Å². The molecule has 4 aliphatic rings. The lowest BCUT2D eigenvalue weighted by atomic mass is 9.95. The maximum Gasteiger partial charge on any atom is 0.310 e. The van der Waals surface area contributed by atoms with Crippen LogP contribution in [0.5, 0.6) is 0 Å². The van der Waals surface area contributed by atoms with E-state index in [-0.39, 0.29) is 36.0 Å². The van der Waals surface area contributed by atoms with Crippen LogP contribution < -0.4 is 0 Å². The number of hydrogen-bond acceptors (Lipinski definition) is 8. The topological polar surface area (TPSA) is 52.6 Å². The largest absolute Gasteiger partial charge is 0.462 e. The molecule has 0 aromatic heterocycles. The molecule has 4 heterocycles. The molecule has 0 saturated carbocycles. The van der Waals surface area contributed by atoms with Crippen LogP contribution in [0.25, 0.3) is 0 Å². The Balaban J connectivity index is 0.000000131. The summed E-state index contributed by atoms with van der Waals surface area (Å²) in [4.78, 5) is 22.3. The predicted octanol–water partition coefficient (Wildman–Crippen LogP) is 3.26. The van der Waals surface area contributed by atoms with Gasteiger partial charge >= 0.3 is 11.9 Å². The molecule has 124 valence electrons. The molecule has 5 atom stereocenters. The highest BCUT2D eigenvalue weighted by molar-refractivity contribution is 8.77. The molecule has 4 fully saturated rings. The second-order valence-electron chi connectivity index (χ2n) is 5.90. The van der Waals surface area contributed by atoms with Crippen LogP contribution in [-0.4, -0.2) is 47.2 Å². The lowest BCUT2D eigenvalue weighted by molar-refractivity contribution is -0.144. The first-order valence-electron chi connectivity index (χ1n) is 7.55. The van der Waals surface area contributed by atoms with Crippen LogP contribution in [0, 0.1) is 17.8 Å². The molecule has 4 rings (SSSR count). The highest BCUT2D eigenvalue weighted by Gasteiger charge is 2.43. The van der Waals surface area contributed by atoms with Crippen LogP contribution in [0.15, 0.2) is 0 Å². The first-order valence-corrected chi connectivity index (χ1v) is 12.5. The first-order chi connectivity index (χ1) is 10.6. The quantitative estimate of drug-likeness (QED) is 0.469. The predicted molar refractivity (Wildman–Crippen MR) is 95.0 cm³/mol. The lowest BCUT2D eigenvalue weighted by Gasteiger charge is -2.10. The number of ether oxygens (including phenoxy) is 2. The molecule has 0 aromatic rings. The molecule has 0 aliphatic carbocycles. The summed E-state index contributed by atoms with van der Waals surface area (Å²) < 4.78 is 10.4. The molecule has 0 spiro atoms. The highest BCUT2D eigenvalue weighted by Crippen LogP contribution is 2.41. The molecule has 22 heavy (non-hydrogen) atoms. The summed E-state index contributed by atoms with van der Waals surface area (Å²) in [5, 5.41) is 0. The van der Waals surface area contributed by atoms with E-state index in [4.69, 9.17) is 9.47 Å². The molecule has 0 amide bonds. The zero-order valence-electron chi connectivity index (χ0n) is 12.4. The minimum Gasteiger partial charge on any atom is -0.462 e. The molecule has 5 unspecified atom stereocenters. The van der Waals surface area contributed by atoms with E-state index in [1.807, 2.05) is 32.4 Å². The first kappa shape index (κ1) is 17.2. The number of rotatable bonds is 0. The Kier molecular flexibility index (Phi) is 6.20. The van der Waals surface area contributed by atoms with Crippen molar-refractivity contribution in [2.75, 3.05) is 23.0 Å². The molecule has 8 heteroatoms. The van der Waals surface area contributed by atoms with Gasteiger partial charge in [0, 0.05) is 28.9 Å². The van der Waals surface area contributed by atoms with E-state index in [0.29, 0.717) is 5.92 Å². The average Bonchev–Trinajstić information content (AvgIpc) is 2.88. The van der Waals surface area contributed by atoms with Crippen molar-refractivity contribution in [1.29, 1.82) is 0 Å². The minimum absolute atomic E-state index is 0.0234. The number of fused-ring (bicyclic) bond motifs is 4. The summed E-state index contributed by atoms with van der Waals surface area (Å²) in [6.07, 6.45) is 2.43. The van der Waals surface area contributed by atoms with Gasteiger partial charge in [-0.2, -0.15) is 0 Å². The molecule has 4 saturated heterocycles. The maximum absolute atomic E-state index is 11.2. The molecule has 0 radical (unpaired) electrons. The molecular weight excluding hydrogens is 360 g/mol. The van der Waals surface area contributed by atoms with Gasteiger partial charge in [-0.25, -0.2) is 0 Å². The fraction of sp³-hybridized carbons (Fsp3) is 0.857. The minimum atomic E-state index is 0.0234. The van der Waals surface area contributed by atoms with Gasteiger partial charge in [0.25, 0.3) is 0 Å². The molecule has 0 aromatic carbocycles. The summed E-state index contributed by atoms with van der Waals surface area (Å²) >= 11 is 0. The lowest BCUT2D eigenvalue weighted by Crippen LogP contribution is -2.18. The van der Waals surface area contributed by atoms with Crippen LogP contribution in [0.1, 0.15) is 19.8 Å². The number of carbonyl (C=O) groups excluding carboxylic acids is 2. The van der Waals surface area contributed by atoms with Crippen LogP contribution in [-0.2, 0) is 19.1 Å². The van der Waals surface area contributed by atoms with E-state index in [0.717, 1.165) is 35.9 Å². The summed E-state index contributed by atoms with van der Waals surface area (Å²) in [5.74, 6) is 4.81. The Morgan fingerprint density at radius 2 is 1.73 bits per heavy atom. The van der Waals surface area contributed by atoms with E-state index in [1.165, 1.54) is 0 Å². The Morgan fingerprint density at radius 3 is 2.59 bits per heavy atom. The zero-order valence-corrected chi connectivity index (χ0v) is 15.7. The molecule has 4 aliphatic heterocycles. The van der Waals surface area contributed by atoms with Gasteiger partial charge in [0.2, 0.25) is 0 Å². The standard InChI is InChI=1S/2C7H10O2S2/c1-4-5-2-10-11-3-6(4)9-7(5)8;8-7-5-3-6(9-7)1-2-10-11-4-5/h4-6H,2-3H2,1H3;5-6H,1-4H2. The van der Waals surface area contributed by atoms with Crippen LogP contribution in [0.3, 0.4) is 0 Å². The van der Waals surface area contributed by atoms with Crippen LogP contribution >= 0.6 is 43.2 Å². The van der Waals surface area contributed by atoms with Crippen molar-refractivity contribution in [3.63, 3.8) is 0 Å². The third kappa shape index (κ3) is 4.05. The van der Waals surface area contributed by atoms with Crippen molar-refractivity contribution in [3.8, 4) is 0 Å². The van der Waals surface area contributed by atoms with E-state index in [1.54, 1.807) is 10.8 Å². The molecule has 4 bridgehead atoms. The van der Waals surface area contributed by atoms with E-state index >= 15 is 0 Å². The second-order valence-corrected chi connectivity index (χ2v) is 11.1. The summed E-state index contributed by atoms with van der Waals surface area (Å²) in [7, 11) is 7.30. The van der Waals surface area contributed by atoms with Gasteiger partial charge in [-0.3, -0.25) is 9.59 Å². The zero-order chi connectivity index (χ0) is 15.5. The average molecular weight is 381 g/mol. The van der Waals surface area contributed by atoms with Crippen molar-refractivity contribution < 1.29 is 19.1 Å². The number of carbonyl (C=O) groups is 2. The van der Waals surface area contributed by atoms with Crippen molar-refractivity contribution in [2.45, 2.75) is 32.0 Å². The second kappa shape index (κ2) is 7.94. The molecule has 0 N–H and O–H groups in total. The Labute approximate surface area is 146 Å². The van der Waals surface area contributed by atoms with Gasteiger partial charge in [-0.15, -0.1) is 0 Å². The van der Waals surface area contributed by atoms with Crippen LogP contribution in [0.2, 0.25) is 0 Å². The third-order valence-corrected chi connectivity index (χ3v) is 9.35. The van der Waals surface area contributed by atoms with Crippen LogP contribution in [0.4, 0.5) is 0 Å². The fourth-order valence-electron chi connectivity index (χ4n) is 2.86. The molecule has 4 nitrogen and oxygen atoms in total. The van der Waals surface area contributed by atoms with E-state index in [2.05, 4.69) is 6.92 Å². The SMILES string of the molecule is CC1C2CSSCC1C(=O)O2.O=C1OC2CCSSCC1C2. The Bertz CT molecular complexity index is 433. The van der Waals surface area contributed by atoms with Gasteiger partial charge in [0.1, 0.15) is 12.2 Å². The van der Waals surface area contributed by atoms with E-state index < -0.39 is 0 Å². The van der Waals surface area contributed by atoms with Crippen molar-refractivity contribution in [3.05, 3.63) is 0 Å². The van der Waals surface area contributed by atoms with Gasteiger partial charge < -0.3 is 9.47 Å². The Hall–Kier alpha value is 0.340.